The number of aromatic nitrogens is 4. The monoisotopic (exact) mass is 326 g/mol. The predicted octanol–water partition coefficient (Wildman–Crippen LogP) is 2.02. The molecule has 4 rings (SSSR count). The Balaban J connectivity index is 1.48. The number of rotatable bonds is 4. The molecule has 0 aromatic carbocycles. The Labute approximate surface area is 140 Å². The largest absolute Gasteiger partial charge is 0.367 e. The van der Waals surface area contributed by atoms with Crippen molar-refractivity contribution in [2.45, 2.75) is 45.1 Å². The zero-order valence-corrected chi connectivity index (χ0v) is 14.0. The molecule has 0 radical (unpaired) electrons. The first-order chi connectivity index (χ1) is 11.6. The van der Waals surface area contributed by atoms with Crippen molar-refractivity contribution in [3.8, 4) is 0 Å². The van der Waals surface area contributed by atoms with Crippen LogP contribution in [-0.2, 0) is 0 Å². The number of likely N-dealkylation sites (tertiary alicyclic amines) is 1. The molecule has 1 unspecified atom stereocenters. The standard InChI is InChI=1S/C17H22N6O/c1-10-7-13(8-15(18-10)20-14-3-4-14)17(24)23-6-5-12(9-23)16-19-11(2)21-22-16/h7-8,12,14H,3-6,9H2,1-2H3,(H,18,20)(H,19,21,22). The van der Waals surface area contributed by atoms with Crippen molar-refractivity contribution in [3.05, 3.63) is 35.0 Å². The van der Waals surface area contributed by atoms with Crippen molar-refractivity contribution in [1.82, 2.24) is 25.1 Å². The number of hydrogen-bond donors (Lipinski definition) is 2. The molecule has 1 aliphatic heterocycles. The third-order valence-corrected chi connectivity index (χ3v) is 4.58. The lowest BCUT2D eigenvalue weighted by atomic mass is 10.1. The van der Waals surface area contributed by atoms with E-state index >= 15 is 0 Å². The number of carbonyl (C=O) groups is 1. The van der Waals surface area contributed by atoms with Gasteiger partial charge in [-0.25, -0.2) is 9.97 Å². The summed E-state index contributed by atoms with van der Waals surface area (Å²) in [5.41, 5.74) is 1.57. The molecular weight excluding hydrogens is 304 g/mol. The average molecular weight is 326 g/mol. The molecule has 7 heteroatoms. The molecule has 24 heavy (non-hydrogen) atoms. The van der Waals surface area contributed by atoms with Gasteiger partial charge in [0.05, 0.1) is 0 Å². The highest BCUT2D eigenvalue weighted by Gasteiger charge is 2.30. The molecule has 0 spiro atoms. The van der Waals surface area contributed by atoms with Crippen LogP contribution in [0.3, 0.4) is 0 Å². The molecule has 2 aromatic heterocycles. The van der Waals surface area contributed by atoms with Gasteiger partial charge in [0.25, 0.3) is 5.91 Å². The van der Waals surface area contributed by atoms with Crippen molar-refractivity contribution in [3.63, 3.8) is 0 Å². The van der Waals surface area contributed by atoms with E-state index in [0.29, 0.717) is 18.2 Å². The van der Waals surface area contributed by atoms with Crippen LogP contribution in [0, 0.1) is 13.8 Å². The molecule has 0 bridgehead atoms. The van der Waals surface area contributed by atoms with E-state index in [4.69, 9.17) is 0 Å². The minimum absolute atomic E-state index is 0.0640. The lowest BCUT2D eigenvalue weighted by Gasteiger charge is -2.17. The molecule has 2 N–H and O–H groups in total. The Morgan fingerprint density at radius 2 is 2.08 bits per heavy atom. The van der Waals surface area contributed by atoms with E-state index < -0.39 is 0 Å². The molecule has 3 heterocycles. The fourth-order valence-electron chi connectivity index (χ4n) is 3.18. The lowest BCUT2D eigenvalue weighted by Crippen LogP contribution is -2.28. The summed E-state index contributed by atoms with van der Waals surface area (Å²) in [5, 5.41) is 10.5. The normalized spacial score (nSPS) is 20.4. The molecule has 1 saturated heterocycles. The van der Waals surface area contributed by atoms with Crippen molar-refractivity contribution < 1.29 is 4.79 Å². The van der Waals surface area contributed by atoms with Gasteiger partial charge in [0, 0.05) is 36.3 Å². The lowest BCUT2D eigenvalue weighted by molar-refractivity contribution is 0.0790. The van der Waals surface area contributed by atoms with Crippen LogP contribution >= 0.6 is 0 Å². The van der Waals surface area contributed by atoms with Gasteiger partial charge in [0.2, 0.25) is 0 Å². The Morgan fingerprint density at radius 3 is 2.79 bits per heavy atom. The first kappa shape index (κ1) is 15.1. The number of hydrogen-bond acceptors (Lipinski definition) is 5. The second kappa shape index (κ2) is 5.89. The summed E-state index contributed by atoms with van der Waals surface area (Å²) in [5.74, 6) is 2.71. The highest BCUT2D eigenvalue weighted by Crippen LogP contribution is 2.27. The summed E-state index contributed by atoms with van der Waals surface area (Å²) in [6.45, 7) is 5.23. The molecule has 2 aliphatic rings. The van der Waals surface area contributed by atoms with E-state index in [1.54, 1.807) is 0 Å². The van der Waals surface area contributed by atoms with Gasteiger partial charge in [-0.3, -0.25) is 9.89 Å². The van der Waals surface area contributed by atoms with Crippen molar-refractivity contribution >= 4 is 11.7 Å². The number of amides is 1. The van der Waals surface area contributed by atoms with Crippen molar-refractivity contribution in [2.75, 3.05) is 18.4 Å². The molecule has 7 nitrogen and oxygen atoms in total. The fraction of sp³-hybridized carbons (Fsp3) is 0.529. The summed E-state index contributed by atoms with van der Waals surface area (Å²) < 4.78 is 0. The SMILES string of the molecule is Cc1cc(C(=O)N2CCC(c3n[nH]c(C)n3)C2)cc(NC2CC2)n1. The van der Waals surface area contributed by atoms with Crippen LogP contribution in [0.25, 0.3) is 0 Å². The Morgan fingerprint density at radius 1 is 1.25 bits per heavy atom. The average Bonchev–Trinajstić information content (AvgIpc) is 3.06. The van der Waals surface area contributed by atoms with E-state index in [1.807, 2.05) is 30.9 Å². The number of nitrogens with one attached hydrogen (secondary N) is 2. The van der Waals surface area contributed by atoms with Crippen LogP contribution in [0.15, 0.2) is 12.1 Å². The van der Waals surface area contributed by atoms with Crippen LogP contribution < -0.4 is 5.32 Å². The first-order valence-corrected chi connectivity index (χ1v) is 8.52. The van der Waals surface area contributed by atoms with Crippen molar-refractivity contribution in [1.29, 1.82) is 0 Å². The number of H-pyrrole nitrogens is 1. The fourth-order valence-corrected chi connectivity index (χ4v) is 3.18. The number of pyridine rings is 1. The maximum absolute atomic E-state index is 12.9. The van der Waals surface area contributed by atoms with Gasteiger partial charge in [-0.1, -0.05) is 0 Å². The van der Waals surface area contributed by atoms with Gasteiger partial charge in [0.15, 0.2) is 5.82 Å². The molecule has 1 aliphatic carbocycles. The summed E-state index contributed by atoms with van der Waals surface area (Å²) >= 11 is 0. The highest BCUT2D eigenvalue weighted by atomic mass is 16.2. The van der Waals surface area contributed by atoms with Crippen LogP contribution in [0.2, 0.25) is 0 Å². The quantitative estimate of drug-likeness (QED) is 0.897. The summed E-state index contributed by atoms with van der Waals surface area (Å²) in [7, 11) is 0. The highest BCUT2D eigenvalue weighted by molar-refractivity contribution is 5.95. The Hall–Kier alpha value is -2.44. The van der Waals surface area contributed by atoms with Gasteiger partial charge in [-0.2, -0.15) is 5.10 Å². The second-order valence-corrected chi connectivity index (χ2v) is 6.82. The first-order valence-electron chi connectivity index (χ1n) is 8.52. The third kappa shape index (κ3) is 3.11. The third-order valence-electron chi connectivity index (χ3n) is 4.58. The summed E-state index contributed by atoms with van der Waals surface area (Å²) in [6, 6.07) is 4.26. The van der Waals surface area contributed by atoms with E-state index in [0.717, 1.165) is 36.1 Å². The molecule has 1 atom stereocenters. The van der Waals surface area contributed by atoms with Crippen LogP contribution in [0.1, 0.15) is 52.9 Å². The van der Waals surface area contributed by atoms with Crippen LogP contribution in [0.4, 0.5) is 5.82 Å². The number of anilines is 1. The molecule has 2 fully saturated rings. The van der Waals surface area contributed by atoms with Crippen molar-refractivity contribution in [2.24, 2.45) is 0 Å². The Bertz CT molecular complexity index is 766. The molecule has 1 amide bonds. The van der Waals surface area contributed by atoms with E-state index in [-0.39, 0.29) is 11.8 Å². The van der Waals surface area contributed by atoms with E-state index in [1.165, 1.54) is 12.8 Å². The number of aryl methyl sites for hydroxylation is 2. The predicted molar refractivity (Wildman–Crippen MR) is 90.0 cm³/mol. The van der Waals surface area contributed by atoms with Gasteiger partial charge >= 0.3 is 0 Å². The topological polar surface area (TPSA) is 86.8 Å². The molecular formula is C17H22N6O. The van der Waals surface area contributed by atoms with Crippen LogP contribution in [0.5, 0.6) is 0 Å². The second-order valence-electron chi connectivity index (χ2n) is 6.82. The molecule has 126 valence electrons. The maximum Gasteiger partial charge on any atom is 0.254 e. The smallest absolute Gasteiger partial charge is 0.254 e. The number of nitrogens with zero attached hydrogens (tertiary/aromatic N) is 4. The Kier molecular flexibility index (Phi) is 3.70. The van der Waals surface area contributed by atoms with E-state index in [9.17, 15) is 4.79 Å². The van der Waals surface area contributed by atoms with Gasteiger partial charge in [-0.05, 0) is 45.2 Å². The molecule has 2 aromatic rings. The van der Waals surface area contributed by atoms with Crippen LogP contribution in [-0.4, -0.2) is 50.1 Å². The number of aromatic amines is 1. The van der Waals surface area contributed by atoms with Gasteiger partial charge in [-0.15, -0.1) is 0 Å². The zero-order chi connectivity index (χ0) is 16.7. The maximum atomic E-state index is 12.9. The molecule has 1 saturated carbocycles. The zero-order valence-electron chi connectivity index (χ0n) is 14.0. The number of carbonyl (C=O) groups excluding carboxylic acids is 1. The summed E-state index contributed by atoms with van der Waals surface area (Å²) in [4.78, 5) is 23.6. The summed E-state index contributed by atoms with van der Waals surface area (Å²) in [6.07, 6.45) is 3.27. The minimum Gasteiger partial charge on any atom is -0.367 e. The van der Waals surface area contributed by atoms with E-state index in [2.05, 4.69) is 25.5 Å². The van der Waals surface area contributed by atoms with Gasteiger partial charge in [0.1, 0.15) is 11.6 Å². The minimum atomic E-state index is 0.0640. The van der Waals surface area contributed by atoms with Gasteiger partial charge < -0.3 is 10.2 Å².